The van der Waals surface area contributed by atoms with Gasteiger partial charge < -0.3 is 10.6 Å². The van der Waals surface area contributed by atoms with Crippen LogP contribution in [-0.4, -0.2) is 23.4 Å². The Hall–Kier alpha value is -1.03. The lowest BCUT2D eigenvalue weighted by Gasteiger charge is -2.38. The molecule has 3 rings (SSSR count). The molecule has 1 heterocycles. The molecular weight excluding hydrogens is 304 g/mol. The second-order valence-corrected chi connectivity index (χ2v) is 6.59. The molecule has 3 nitrogen and oxygen atoms in total. The molecule has 1 aromatic carbocycles. The van der Waals surface area contributed by atoms with Crippen LogP contribution in [0.2, 0.25) is 0 Å². The average Bonchev–Trinajstić information content (AvgIpc) is 2.84. The van der Waals surface area contributed by atoms with Gasteiger partial charge in [-0.1, -0.05) is 22.4 Å². The molecule has 4 heteroatoms. The minimum Gasteiger partial charge on any atom is -0.399 e. The molecule has 1 saturated carbocycles. The number of halogens is 1. The maximum Gasteiger partial charge on any atom is 0.254 e. The molecule has 2 N–H and O–H groups in total. The van der Waals surface area contributed by atoms with E-state index in [4.69, 9.17) is 5.73 Å². The van der Waals surface area contributed by atoms with E-state index in [1.165, 1.54) is 25.7 Å². The fraction of sp³-hybridized carbons (Fsp3) is 0.533. The third kappa shape index (κ3) is 2.50. The molecule has 1 saturated heterocycles. The van der Waals surface area contributed by atoms with Crippen molar-refractivity contribution < 1.29 is 4.79 Å². The number of fused-ring (bicyclic) bond motifs is 1. The molecule has 1 aromatic rings. The standard InChI is InChI=1S/C15H19BrN2O/c16-12-7-11(8-13(17)9-12)15(19)18-6-2-4-10-3-1-5-14(10)18/h7-10,14H,1-6,17H2. The molecule has 1 amide bonds. The monoisotopic (exact) mass is 322 g/mol. The highest BCUT2D eigenvalue weighted by Crippen LogP contribution is 2.37. The first kappa shape index (κ1) is 13.0. The number of nitrogens with zero attached hydrogens (tertiary/aromatic N) is 1. The minimum absolute atomic E-state index is 0.143. The molecule has 102 valence electrons. The summed E-state index contributed by atoms with van der Waals surface area (Å²) < 4.78 is 0.871. The van der Waals surface area contributed by atoms with Crippen LogP contribution in [0.25, 0.3) is 0 Å². The first-order chi connectivity index (χ1) is 9.15. The summed E-state index contributed by atoms with van der Waals surface area (Å²) in [5, 5.41) is 0. The molecule has 2 aliphatic rings. The van der Waals surface area contributed by atoms with E-state index in [-0.39, 0.29) is 5.91 Å². The molecule has 2 unspecified atom stereocenters. The van der Waals surface area contributed by atoms with Gasteiger partial charge in [0.2, 0.25) is 0 Å². The summed E-state index contributed by atoms with van der Waals surface area (Å²) in [4.78, 5) is 14.8. The van der Waals surface area contributed by atoms with Crippen LogP contribution in [0.5, 0.6) is 0 Å². The number of likely N-dealkylation sites (tertiary alicyclic amines) is 1. The maximum absolute atomic E-state index is 12.7. The van der Waals surface area contributed by atoms with E-state index >= 15 is 0 Å². The number of carbonyl (C=O) groups is 1. The SMILES string of the molecule is Nc1cc(Br)cc(C(=O)N2CCCC3CCCC32)c1. The zero-order valence-electron chi connectivity index (χ0n) is 10.9. The summed E-state index contributed by atoms with van der Waals surface area (Å²) in [6.45, 7) is 0.895. The average molecular weight is 323 g/mol. The first-order valence-corrected chi connectivity index (χ1v) is 7.81. The smallest absolute Gasteiger partial charge is 0.254 e. The summed E-state index contributed by atoms with van der Waals surface area (Å²) >= 11 is 3.41. The molecule has 2 fully saturated rings. The van der Waals surface area contributed by atoms with Crippen molar-refractivity contribution in [3.05, 3.63) is 28.2 Å². The number of piperidine rings is 1. The fourth-order valence-corrected chi connectivity index (χ4v) is 4.12. The van der Waals surface area contributed by atoms with E-state index in [1.54, 1.807) is 6.07 Å². The molecule has 1 aliphatic heterocycles. The van der Waals surface area contributed by atoms with Gasteiger partial charge in [0.15, 0.2) is 0 Å². The van der Waals surface area contributed by atoms with Gasteiger partial charge in [0.05, 0.1) is 0 Å². The van der Waals surface area contributed by atoms with Crippen LogP contribution in [0.3, 0.4) is 0 Å². The maximum atomic E-state index is 12.7. The van der Waals surface area contributed by atoms with Gasteiger partial charge in [0.25, 0.3) is 5.91 Å². The Labute approximate surface area is 122 Å². The predicted octanol–water partition coefficient (Wildman–Crippen LogP) is 3.44. The van der Waals surface area contributed by atoms with Gasteiger partial charge in [-0.2, -0.15) is 0 Å². The van der Waals surface area contributed by atoms with Crippen LogP contribution in [0.15, 0.2) is 22.7 Å². The molecule has 0 radical (unpaired) electrons. The van der Waals surface area contributed by atoms with Crippen molar-refractivity contribution in [2.45, 2.75) is 38.1 Å². The van der Waals surface area contributed by atoms with Gasteiger partial charge in [-0.05, 0) is 49.8 Å². The summed E-state index contributed by atoms with van der Waals surface area (Å²) in [7, 11) is 0. The number of nitrogens with two attached hydrogens (primary N) is 1. The van der Waals surface area contributed by atoms with E-state index in [9.17, 15) is 4.79 Å². The zero-order chi connectivity index (χ0) is 13.4. The number of hydrogen-bond donors (Lipinski definition) is 1. The van der Waals surface area contributed by atoms with Crippen LogP contribution in [-0.2, 0) is 0 Å². The number of benzene rings is 1. The van der Waals surface area contributed by atoms with Gasteiger partial charge in [0.1, 0.15) is 0 Å². The first-order valence-electron chi connectivity index (χ1n) is 7.02. The summed E-state index contributed by atoms with van der Waals surface area (Å²) in [6.07, 6.45) is 6.14. The Kier molecular flexibility index (Phi) is 3.52. The lowest BCUT2D eigenvalue weighted by molar-refractivity contribution is 0.0548. The quantitative estimate of drug-likeness (QED) is 0.805. The highest BCUT2D eigenvalue weighted by molar-refractivity contribution is 9.10. The lowest BCUT2D eigenvalue weighted by atomic mass is 9.91. The summed E-state index contributed by atoms with van der Waals surface area (Å²) in [6, 6.07) is 5.94. The highest BCUT2D eigenvalue weighted by Gasteiger charge is 2.37. The highest BCUT2D eigenvalue weighted by atomic mass is 79.9. The van der Waals surface area contributed by atoms with E-state index in [0.717, 1.165) is 23.4 Å². The summed E-state index contributed by atoms with van der Waals surface area (Å²) in [5.41, 5.74) is 7.18. The number of anilines is 1. The van der Waals surface area contributed by atoms with E-state index < -0.39 is 0 Å². The van der Waals surface area contributed by atoms with Gasteiger partial charge in [0, 0.05) is 28.3 Å². The van der Waals surface area contributed by atoms with Gasteiger partial charge in [-0.15, -0.1) is 0 Å². The van der Waals surface area contributed by atoms with Crippen LogP contribution in [0, 0.1) is 5.92 Å². The molecule has 0 bridgehead atoms. The number of amides is 1. The Morgan fingerprint density at radius 3 is 2.79 bits per heavy atom. The van der Waals surface area contributed by atoms with Crippen molar-refractivity contribution in [1.29, 1.82) is 0 Å². The molecule has 2 atom stereocenters. The van der Waals surface area contributed by atoms with Crippen LogP contribution in [0.1, 0.15) is 42.5 Å². The van der Waals surface area contributed by atoms with Crippen molar-refractivity contribution in [2.24, 2.45) is 5.92 Å². The van der Waals surface area contributed by atoms with Crippen LogP contribution in [0.4, 0.5) is 5.69 Å². The Bertz CT molecular complexity index is 483. The fourth-order valence-electron chi connectivity index (χ4n) is 3.61. The molecule has 1 aliphatic carbocycles. The minimum atomic E-state index is 0.143. The topological polar surface area (TPSA) is 46.3 Å². The van der Waals surface area contributed by atoms with E-state index in [1.807, 2.05) is 12.1 Å². The van der Waals surface area contributed by atoms with Crippen molar-refractivity contribution in [1.82, 2.24) is 4.90 Å². The number of carbonyl (C=O) groups excluding carboxylic acids is 1. The van der Waals surface area contributed by atoms with Crippen molar-refractivity contribution in [3.8, 4) is 0 Å². The molecular formula is C15H19BrN2O. The zero-order valence-corrected chi connectivity index (χ0v) is 12.5. The van der Waals surface area contributed by atoms with Gasteiger partial charge in [-0.3, -0.25) is 4.79 Å². The van der Waals surface area contributed by atoms with Crippen molar-refractivity contribution in [3.63, 3.8) is 0 Å². The number of hydrogen-bond acceptors (Lipinski definition) is 2. The van der Waals surface area contributed by atoms with E-state index in [2.05, 4.69) is 20.8 Å². The largest absolute Gasteiger partial charge is 0.399 e. The van der Waals surface area contributed by atoms with Gasteiger partial charge in [-0.25, -0.2) is 0 Å². The van der Waals surface area contributed by atoms with Crippen molar-refractivity contribution in [2.75, 3.05) is 12.3 Å². The van der Waals surface area contributed by atoms with Gasteiger partial charge >= 0.3 is 0 Å². The Balaban J connectivity index is 1.86. The Morgan fingerprint density at radius 1 is 1.21 bits per heavy atom. The molecule has 0 spiro atoms. The van der Waals surface area contributed by atoms with Crippen LogP contribution < -0.4 is 5.73 Å². The normalized spacial score (nSPS) is 26.3. The predicted molar refractivity (Wildman–Crippen MR) is 80.0 cm³/mol. The third-order valence-corrected chi connectivity index (χ3v) is 4.88. The molecule has 19 heavy (non-hydrogen) atoms. The molecule has 0 aromatic heterocycles. The lowest BCUT2D eigenvalue weighted by Crippen LogP contribution is -2.46. The van der Waals surface area contributed by atoms with E-state index in [0.29, 0.717) is 17.3 Å². The Morgan fingerprint density at radius 2 is 2.00 bits per heavy atom. The second-order valence-electron chi connectivity index (χ2n) is 5.67. The van der Waals surface area contributed by atoms with Crippen LogP contribution >= 0.6 is 15.9 Å². The second kappa shape index (κ2) is 5.16. The third-order valence-electron chi connectivity index (χ3n) is 4.42. The summed E-state index contributed by atoms with van der Waals surface area (Å²) in [5.74, 6) is 0.867. The number of rotatable bonds is 1. The number of nitrogen functional groups attached to an aromatic ring is 1. The van der Waals surface area contributed by atoms with Crippen molar-refractivity contribution >= 4 is 27.5 Å².